The fourth-order valence-electron chi connectivity index (χ4n) is 1.74. The molecule has 0 aliphatic heterocycles. The first-order chi connectivity index (χ1) is 7.27. The van der Waals surface area contributed by atoms with Gasteiger partial charge in [0.05, 0.1) is 6.10 Å². The van der Waals surface area contributed by atoms with E-state index in [0.717, 1.165) is 12.0 Å². The molecule has 0 amide bonds. The molecule has 2 atom stereocenters. The van der Waals surface area contributed by atoms with E-state index in [2.05, 4.69) is 6.08 Å². The third kappa shape index (κ3) is 2.49. The minimum atomic E-state index is -0.441. The fraction of sp³-hybridized carbons (Fsp3) is 0.231. The van der Waals surface area contributed by atoms with Crippen LogP contribution in [0.2, 0.25) is 5.02 Å². The van der Waals surface area contributed by atoms with Gasteiger partial charge < -0.3 is 5.11 Å². The molecular weight excluding hydrogens is 208 g/mol. The van der Waals surface area contributed by atoms with E-state index < -0.39 is 6.10 Å². The van der Waals surface area contributed by atoms with Crippen LogP contribution in [0.5, 0.6) is 0 Å². The average molecular weight is 221 g/mol. The Morgan fingerprint density at radius 2 is 1.93 bits per heavy atom. The Hall–Kier alpha value is -1.05. The number of halogens is 1. The third-order valence-corrected chi connectivity index (χ3v) is 2.88. The van der Waals surface area contributed by atoms with E-state index in [-0.39, 0.29) is 5.92 Å². The van der Waals surface area contributed by atoms with Gasteiger partial charge in [-0.1, -0.05) is 48.0 Å². The van der Waals surface area contributed by atoms with Crippen LogP contribution in [0.3, 0.4) is 0 Å². The van der Waals surface area contributed by atoms with Crippen LogP contribution in [0.4, 0.5) is 0 Å². The topological polar surface area (TPSA) is 20.2 Å². The number of benzene rings is 1. The molecule has 0 radical (unpaired) electrons. The van der Waals surface area contributed by atoms with Crippen LogP contribution in [0.25, 0.3) is 0 Å². The number of hydrogen-bond donors (Lipinski definition) is 1. The molecule has 0 unspecified atom stereocenters. The van der Waals surface area contributed by atoms with Crippen LogP contribution in [0, 0.1) is 5.92 Å². The van der Waals surface area contributed by atoms with Crippen LogP contribution in [0.15, 0.2) is 48.6 Å². The Balaban J connectivity index is 2.13. The van der Waals surface area contributed by atoms with Gasteiger partial charge in [0.25, 0.3) is 0 Å². The second-order valence-electron chi connectivity index (χ2n) is 3.71. The van der Waals surface area contributed by atoms with Crippen LogP contribution < -0.4 is 0 Å². The number of aliphatic hydroxyl groups is 1. The number of rotatable bonds is 2. The highest BCUT2D eigenvalue weighted by atomic mass is 35.5. The quantitative estimate of drug-likeness (QED) is 0.809. The summed E-state index contributed by atoms with van der Waals surface area (Å²) in [4.78, 5) is 0. The lowest BCUT2D eigenvalue weighted by molar-refractivity contribution is 0.132. The molecule has 1 nitrogen and oxygen atoms in total. The van der Waals surface area contributed by atoms with Gasteiger partial charge in [-0.2, -0.15) is 0 Å². The molecule has 1 aliphatic carbocycles. The second kappa shape index (κ2) is 4.65. The SMILES string of the molecule is O[C@@H](c1ccc(Cl)cc1)[C@@H]1C=CC=CC1. The molecule has 0 spiro atoms. The maximum atomic E-state index is 10.1. The molecule has 0 bridgehead atoms. The van der Waals surface area contributed by atoms with Gasteiger partial charge in [0.1, 0.15) is 0 Å². The Morgan fingerprint density at radius 3 is 2.53 bits per heavy atom. The Morgan fingerprint density at radius 1 is 1.20 bits per heavy atom. The van der Waals surface area contributed by atoms with E-state index in [1.165, 1.54) is 0 Å². The van der Waals surface area contributed by atoms with Crippen molar-refractivity contribution in [2.45, 2.75) is 12.5 Å². The monoisotopic (exact) mass is 220 g/mol. The van der Waals surface area contributed by atoms with Crippen LogP contribution in [0.1, 0.15) is 18.1 Å². The molecule has 1 aromatic rings. The molecule has 1 aromatic carbocycles. The first kappa shape index (κ1) is 10.5. The summed E-state index contributed by atoms with van der Waals surface area (Å²) >= 11 is 5.80. The molecule has 0 heterocycles. The van der Waals surface area contributed by atoms with Crippen molar-refractivity contribution in [3.63, 3.8) is 0 Å². The molecule has 0 aromatic heterocycles. The summed E-state index contributed by atoms with van der Waals surface area (Å²) in [6.45, 7) is 0. The Bertz CT molecular complexity index is 378. The highest BCUT2D eigenvalue weighted by Crippen LogP contribution is 2.28. The third-order valence-electron chi connectivity index (χ3n) is 2.63. The predicted molar refractivity (Wildman–Crippen MR) is 62.8 cm³/mol. The zero-order valence-electron chi connectivity index (χ0n) is 8.31. The number of allylic oxidation sites excluding steroid dienone is 3. The van der Waals surface area contributed by atoms with Gasteiger partial charge in [-0.25, -0.2) is 0 Å². The molecule has 0 fully saturated rings. The minimum Gasteiger partial charge on any atom is -0.388 e. The van der Waals surface area contributed by atoms with Gasteiger partial charge in [0.2, 0.25) is 0 Å². The summed E-state index contributed by atoms with van der Waals surface area (Å²) in [6, 6.07) is 7.36. The highest BCUT2D eigenvalue weighted by Gasteiger charge is 2.17. The lowest BCUT2D eigenvalue weighted by atomic mass is 9.90. The summed E-state index contributed by atoms with van der Waals surface area (Å²) in [5, 5.41) is 10.8. The maximum absolute atomic E-state index is 10.1. The first-order valence-electron chi connectivity index (χ1n) is 5.04. The lowest BCUT2D eigenvalue weighted by Gasteiger charge is -2.20. The molecule has 2 rings (SSSR count). The van der Waals surface area contributed by atoms with Crippen molar-refractivity contribution in [3.05, 3.63) is 59.2 Å². The van der Waals surface area contributed by atoms with Crippen molar-refractivity contribution < 1.29 is 5.11 Å². The van der Waals surface area contributed by atoms with E-state index in [1.54, 1.807) is 0 Å². The number of aliphatic hydroxyl groups excluding tert-OH is 1. The van der Waals surface area contributed by atoms with Gasteiger partial charge >= 0.3 is 0 Å². The largest absolute Gasteiger partial charge is 0.388 e. The van der Waals surface area contributed by atoms with E-state index in [0.29, 0.717) is 5.02 Å². The van der Waals surface area contributed by atoms with Crippen molar-refractivity contribution in [1.29, 1.82) is 0 Å². The van der Waals surface area contributed by atoms with Crippen molar-refractivity contribution in [2.75, 3.05) is 0 Å². The highest BCUT2D eigenvalue weighted by molar-refractivity contribution is 6.30. The van der Waals surface area contributed by atoms with Gasteiger partial charge in [0.15, 0.2) is 0 Å². The Labute approximate surface area is 94.7 Å². The van der Waals surface area contributed by atoms with Crippen molar-refractivity contribution in [3.8, 4) is 0 Å². The summed E-state index contributed by atoms with van der Waals surface area (Å²) in [5.74, 6) is 0.177. The molecule has 2 heteroatoms. The number of hydrogen-bond acceptors (Lipinski definition) is 1. The molecule has 78 valence electrons. The average Bonchev–Trinajstić information content (AvgIpc) is 2.30. The minimum absolute atomic E-state index is 0.177. The standard InChI is InChI=1S/C13H13ClO/c14-12-8-6-11(7-9-12)13(15)10-4-2-1-3-5-10/h1-4,6-10,13,15H,5H2/t10-,13-/m1/s1. The zero-order valence-corrected chi connectivity index (χ0v) is 9.06. The summed E-state index contributed by atoms with van der Waals surface area (Å²) < 4.78 is 0. The summed E-state index contributed by atoms with van der Waals surface area (Å²) in [7, 11) is 0. The van der Waals surface area contributed by atoms with Crippen molar-refractivity contribution in [2.24, 2.45) is 5.92 Å². The molecular formula is C13H13ClO. The smallest absolute Gasteiger partial charge is 0.0855 e. The van der Waals surface area contributed by atoms with Crippen molar-refractivity contribution >= 4 is 11.6 Å². The van der Waals surface area contributed by atoms with Crippen LogP contribution in [-0.2, 0) is 0 Å². The first-order valence-corrected chi connectivity index (χ1v) is 5.42. The summed E-state index contributed by atoms with van der Waals surface area (Å²) in [6.07, 6.45) is 8.55. The second-order valence-corrected chi connectivity index (χ2v) is 4.15. The molecule has 15 heavy (non-hydrogen) atoms. The summed E-state index contributed by atoms with van der Waals surface area (Å²) in [5.41, 5.74) is 0.921. The van der Waals surface area contributed by atoms with E-state index in [4.69, 9.17) is 11.6 Å². The maximum Gasteiger partial charge on any atom is 0.0855 e. The van der Waals surface area contributed by atoms with Gasteiger partial charge in [-0.15, -0.1) is 0 Å². The Kier molecular flexibility index (Phi) is 3.24. The van der Waals surface area contributed by atoms with E-state index in [9.17, 15) is 5.11 Å². The van der Waals surface area contributed by atoms with E-state index in [1.807, 2.05) is 42.5 Å². The zero-order chi connectivity index (χ0) is 10.7. The van der Waals surface area contributed by atoms with Crippen molar-refractivity contribution in [1.82, 2.24) is 0 Å². The molecule has 0 saturated heterocycles. The molecule has 1 aliphatic rings. The van der Waals surface area contributed by atoms with Crippen LogP contribution in [-0.4, -0.2) is 5.11 Å². The molecule has 0 saturated carbocycles. The van der Waals surface area contributed by atoms with Crippen LogP contribution >= 0.6 is 11.6 Å². The molecule has 1 N–H and O–H groups in total. The predicted octanol–water partition coefficient (Wildman–Crippen LogP) is 3.51. The lowest BCUT2D eigenvalue weighted by Crippen LogP contribution is -2.10. The van der Waals surface area contributed by atoms with E-state index >= 15 is 0 Å². The normalized spacial score (nSPS) is 21.6. The fourth-order valence-corrected chi connectivity index (χ4v) is 1.87. The van der Waals surface area contributed by atoms with Gasteiger partial charge in [-0.3, -0.25) is 0 Å². The van der Waals surface area contributed by atoms with Gasteiger partial charge in [-0.05, 0) is 24.1 Å². The van der Waals surface area contributed by atoms with Gasteiger partial charge in [0, 0.05) is 10.9 Å².